The van der Waals surface area contributed by atoms with Gasteiger partial charge in [-0.05, 0) is 83.5 Å². The van der Waals surface area contributed by atoms with Crippen molar-refractivity contribution in [2.24, 2.45) is 11.8 Å². The number of likely N-dealkylation sites (tertiary alicyclic amines) is 1. The molecule has 2 nitrogen and oxygen atoms in total. The summed E-state index contributed by atoms with van der Waals surface area (Å²) in [6, 6.07) is 0.699. The fraction of sp³-hybridized carbons (Fsp3) is 1.00. The van der Waals surface area contributed by atoms with E-state index in [9.17, 15) is 0 Å². The molecule has 1 rings (SSSR count). The van der Waals surface area contributed by atoms with E-state index in [0.717, 1.165) is 11.8 Å². The van der Waals surface area contributed by atoms with Crippen molar-refractivity contribution in [2.45, 2.75) is 78.7 Å². The van der Waals surface area contributed by atoms with Crippen molar-refractivity contribution in [3.05, 3.63) is 0 Å². The second-order valence-corrected chi connectivity index (χ2v) is 7.13. The summed E-state index contributed by atoms with van der Waals surface area (Å²) in [6.45, 7) is 14.5. The minimum atomic E-state index is 0.699. The molecular formula is C18H38N2. The highest BCUT2D eigenvalue weighted by Gasteiger charge is 2.18. The zero-order valence-corrected chi connectivity index (χ0v) is 14.5. The second kappa shape index (κ2) is 10.6. The Morgan fingerprint density at radius 1 is 1.10 bits per heavy atom. The molecule has 1 N–H and O–H groups in total. The first kappa shape index (κ1) is 18.0. The van der Waals surface area contributed by atoms with Crippen LogP contribution in [0, 0.1) is 11.8 Å². The average molecular weight is 283 g/mol. The summed E-state index contributed by atoms with van der Waals surface area (Å²) in [4.78, 5) is 2.71. The Hall–Kier alpha value is -0.0800. The molecular weight excluding hydrogens is 244 g/mol. The first-order valence-corrected chi connectivity index (χ1v) is 9.09. The van der Waals surface area contributed by atoms with Crippen molar-refractivity contribution < 1.29 is 0 Å². The van der Waals surface area contributed by atoms with Gasteiger partial charge in [-0.25, -0.2) is 0 Å². The summed E-state index contributed by atoms with van der Waals surface area (Å²) in [5.41, 5.74) is 0. The minimum absolute atomic E-state index is 0.699. The lowest BCUT2D eigenvalue weighted by Crippen LogP contribution is -2.28. The Morgan fingerprint density at radius 3 is 2.60 bits per heavy atom. The molecule has 1 fully saturated rings. The van der Waals surface area contributed by atoms with Gasteiger partial charge in [-0.1, -0.05) is 27.2 Å². The summed E-state index contributed by atoms with van der Waals surface area (Å²) < 4.78 is 0. The standard InChI is InChI=1S/C18H38N2/c1-5-12-19-17(4)9-6-7-13-20-14-8-10-18(11-15-20)16(2)3/h16-19H,5-15H2,1-4H3. The lowest BCUT2D eigenvalue weighted by molar-refractivity contribution is 0.265. The summed E-state index contributed by atoms with van der Waals surface area (Å²) in [7, 11) is 0. The number of hydrogen-bond acceptors (Lipinski definition) is 2. The SMILES string of the molecule is CCCNC(C)CCCCN1CCCC(C(C)C)CC1. The second-order valence-electron chi connectivity index (χ2n) is 7.13. The van der Waals surface area contributed by atoms with E-state index in [1.807, 2.05) is 0 Å². The van der Waals surface area contributed by atoms with E-state index in [2.05, 4.69) is 37.9 Å². The van der Waals surface area contributed by atoms with Crippen LogP contribution in [-0.4, -0.2) is 37.1 Å². The van der Waals surface area contributed by atoms with E-state index >= 15 is 0 Å². The van der Waals surface area contributed by atoms with Crippen molar-refractivity contribution in [3.8, 4) is 0 Å². The van der Waals surface area contributed by atoms with Crippen molar-refractivity contribution >= 4 is 0 Å². The molecule has 120 valence electrons. The largest absolute Gasteiger partial charge is 0.314 e. The molecule has 0 amide bonds. The predicted octanol–water partition coefficient (Wildman–Crippen LogP) is 4.30. The smallest absolute Gasteiger partial charge is 0.00387 e. The predicted molar refractivity (Wildman–Crippen MR) is 90.2 cm³/mol. The first-order chi connectivity index (χ1) is 9.63. The summed E-state index contributed by atoms with van der Waals surface area (Å²) in [5.74, 6) is 1.85. The van der Waals surface area contributed by atoms with Gasteiger partial charge in [0, 0.05) is 6.04 Å². The molecule has 0 aromatic heterocycles. The van der Waals surface area contributed by atoms with E-state index in [4.69, 9.17) is 0 Å². The van der Waals surface area contributed by atoms with Crippen molar-refractivity contribution in [2.75, 3.05) is 26.2 Å². The third-order valence-electron chi connectivity index (χ3n) is 4.91. The molecule has 0 spiro atoms. The van der Waals surface area contributed by atoms with Crippen molar-refractivity contribution in [1.82, 2.24) is 10.2 Å². The van der Waals surface area contributed by atoms with Gasteiger partial charge in [0.05, 0.1) is 0 Å². The van der Waals surface area contributed by atoms with Crippen LogP contribution in [0.2, 0.25) is 0 Å². The van der Waals surface area contributed by atoms with Crippen molar-refractivity contribution in [3.63, 3.8) is 0 Å². The molecule has 0 aromatic rings. The highest BCUT2D eigenvalue weighted by Crippen LogP contribution is 2.24. The third-order valence-corrected chi connectivity index (χ3v) is 4.91. The number of unbranched alkanes of at least 4 members (excludes halogenated alkanes) is 1. The van der Waals surface area contributed by atoms with E-state index < -0.39 is 0 Å². The van der Waals surface area contributed by atoms with Gasteiger partial charge in [0.2, 0.25) is 0 Å². The molecule has 2 atom stereocenters. The van der Waals surface area contributed by atoms with Crippen LogP contribution < -0.4 is 5.32 Å². The normalized spacial score (nSPS) is 22.9. The fourth-order valence-corrected chi connectivity index (χ4v) is 3.35. The first-order valence-electron chi connectivity index (χ1n) is 9.09. The van der Waals surface area contributed by atoms with Crippen LogP contribution >= 0.6 is 0 Å². The molecule has 0 radical (unpaired) electrons. The Bertz CT molecular complexity index is 227. The maximum absolute atomic E-state index is 3.59. The van der Waals surface area contributed by atoms with E-state index in [1.54, 1.807) is 0 Å². The molecule has 1 saturated heterocycles. The molecule has 1 aliphatic rings. The van der Waals surface area contributed by atoms with Crippen LogP contribution in [0.1, 0.15) is 72.6 Å². The highest BCUT2D eigenvalue weighted by molar-refractivity contribution is 4.72. The lowest BCUT2D eigenvalue weighted by Gasteiger charge is -2.21. The average Bonchev–Trinajstić information content (AvgIpc) is 2.67. The molecule has 0 bridgehead atoms. The maximum Gasteiger partial charge on any atom is 0.00387 e. The van der Waals surface area contributed by atoms with Crippen LogP contribution in [0.3, 0.4) is 0 Å². The molecule has 0 aromatic carbocycles. The van der Waals surface area contributed by atoms with Gasteiger partial charge in [-0.2, -0.15) is 0 Å². The maximum atomic E-state index is 3.59. The zero-order valence-electron chi connectivity index (χ0n) is 14.5. The molecule has 1 heterocycles. The highest BCUT2D eigenvalue weighted by atomic mass is 15.1. The van der Waals surface area contributed by atoms with Gasteiger partial charge in [0.15, 0.2) is 0 Å². The number of hydrogen-bond donors (Lipinski definition) is 1. The Balaban J connectivity index is 2.07. The van der Waals surface area contributed by atoms with Crippen molar-refractivity contribution in [1.29, 1.82) is 0 Å². The lowest BCUT2D eigenvalue weighted by atomic mass is 9.89. The monoisotopic (exact) mass is 282 g/mol. The Kier molecular flexibility index (Phi) is 9.54. The van der Waals surface area contributed by atoms with Gasteiger partial charge < -0.3 is 10.2 Å². The topological polar surface area (TPSA) is 15.3 Å². The minimum Gasteiger partial charge on any atom is -0.314 e. The number of nitrogens with zero attached hydrogens (tertiary/aromatic N) is 1. The van der Waals surface area contributed by atoms with Crippen LogP contribution in [-0.2, 0) is 0 Å². The number of rotatable bonds is 9. The van der Waals surface area contributed by atoms with Crippen LogP contribution in [0.5, 0.6) is 0 Å². The summed E-state index contributed by atoms with van der Waals surface area (Å²) in [6.07, 6.45) is 9.62. The van der Waals surface area contributed by atoms with Crippen LogP contribution in [0.25, 0.3) is 0 Å². The van der Waals surface area contributed by atoms with Crippen LogP contribution in [0.15, 0.2) is 0 Å². The van der Waals surface area contributed by atoms with Gasteiger partial charge in [0.25, 0.3) is 0 Å². The summed E-state index contributed by atoms with van der Waals surface area (Å²) in [5, 5.41) is 3.59. The van der Waals surface area contributed by atoms with E-state index in [0.29, 0.717) is 6.04 Å². The zero-order chi connectivity index (χ0) is 14.8. The Labute approximate surface area is 127 Å². The molecule has 2 unspecified atom stereocenters. The molecule has 0 saturated carbocycles. The quantitative estimate of drug-likeness (QED) is 0.634. The van der Waals surface area contributed by atoms with Gasteiger partial charge in [-0.15, -0.1) is 0 Å². The van der Waals surface area contributed by atoms with Gasteiger partial charge in [0.1, 0.15) is 0 Å². The van der Waals surface area contributed by atoms with E-state index in [-0.39, 0.29) is 0 Å². The van der Waals surface area contributed by atoms with E-state index in [1.165, 1.54) is 71.1 Å². The fourth-order valence-electron chi connectivity index (χ4n) is 3.35. The summed E-state index contributed by atoms with van der Waals surface area (Å²) >= 11 is 0. The molecule has 20 heavy (non-hydrogen) atoms. The third kappa shape index (κ3) is 7.64. The molecule has 0 aliphatic carbocycles. The van der Waals surface area contributed by atoms with Gasteiger partial charge in [-0.3, -0.25) is 0 Å². The molecule has 1 aliphatic heterocycles. The number of nitrogens with one attached hydrogen (secondary N) is 1. The van der Waals surface area contributed by atoms with Crippen LogP contribution in [0.4, 0.5) is 0 Å². The Morgan fingerprint density at radius 2 is 1.90 bits per heavy atom. The molecule has 2 heteroatoms. The van der Waals surface area contributed by atoms with Gasteiger partial charge >= 0.3 is 0 Å².